The first-order chi connectivity index (χ1) is 14.1. The van der Waals surface area contributed by atoms with Gasteiger partial charge in [-0.15, -0.1) is 0 Å². The van der Waals surface area contributed by atoms with Crippen LogP contribution in [0, 0.1) is 0 Å². The van der Waals surface area contributed by atoms with Crippen LogP contribution in [0.25, 0.3) is 10.9 Å². The van der Waals surface area contributed by atoms with Gasteiger partial charge in [0.25, 0.3) is 5.91 Å². The van der Waals surface area contributed by atoms with Crippen molar-refractivity contribution in [2.75, 3.05) is 57.6 Å². The summed E-state index contributed by atoms with van der Waals surface area (Å²) in [7, 11) is 3.17. The fraction of sp³-hybridized carbons (Fsp3) is 0.550. The second kappa shape index (κ2) is 8.28. The smallest absolute Gasteiger partial charge is 0.251 e. The van der Waals surface area contributed by atoms with E-state index in [0.29, 0.717) is 55.0 Å². The van der Waals surface area contributed by atoms with Crippen LogP contribution >= 0.6 is 0 Å². The van der Waals surface area contributed by atoms with Crippen LogP contribution in [0.4, 0.5) is 11.8 Å². The highest BCUT2D eigenvalue weighted by Gasteiger charge is 2.30. The summed E-state index contributed by atoms with van der Waals surface area (Å²) in [5.74, 6) is 2.14. The maximum Gasteiger partial charge on any atom is 0.251 e. The molecule has 2 aromatic rings. The third-order valence-electron chi connectivity index (χ3n) is 5.52. The first-order valence-corrected chi connectivity index (χ1v) is 9.96. The topological polar surface area (TPSA) is 103 Å². The van der Waals surface area contributed by atoms with Crippen molar-refractivity contribution in [1.29, 1.82) is 0 Å². The molecule has 1 amide bonds. The minimum atomic E-state index is -0.286. The first kappa shape index (κ1) is 19.5. The van der Waals surface area contributed by atoms with E-state index in [9.17, 15) is 4.79 Å². The minimum absolute atomic E-state index is 0.0923. The summed E-state index contributed by atoms with van der Waals surface area (Å²) in [6.07, 6.45) is 2.30. The van der Waals surface area contributed by atoms with Crippen molar-refractivity contribution in [1.82, 2.24) is 14.9 Å². The lowest BCUT2D eigenvalue weighted by atomic mass is 10.2. The van der Waals surface area contributed by atoms with E-state index >= 15 is 0 Å². The number of benzene rings is 1. The number of nitrogens with zero attached hydrogens (tertiary/aromatic N) is 4. The van der Waals surface area contributed by atoms with Crippen molar-refractivity contribution in [2.24, 2.45) is 0 Å². The molecule has 0 saturated carbocycles. The van der Waals surface area contributed by atoms with Crippen molar-refractivity contribution in [3.05, 3.63) is 12.1 Å². The van der Waals surface area contributed by atoms with Gasteiger partial charge in [-0.3, -0.25) is 4.79 Å². The second-order valence-corrected chi connectivity index (χ2v) is 7.27. The Labute approximate surface area is 169 Å². The predicted octanol–water partition coefficient (Wildman–Crippen LogP) is 1.45. The van der Waals surface area contributed by atoms with Crippen molar-refractivity contribution in [3.63, 3.8) is 0 Å². The van der Waals surface area contributed by atoms with Gasteiger partial charge in [0, 0.05) is 38.2 Å². The quantitative estimate of drug-likeness (QED) is 0.821. The maximum absolute atomic E-state index is 12.7. The number of methoxy groups -OCH3 is 2. The van der Waals surface area contributed by atoms with Crippen LogP contribution < -0.4 is 20.1 Å². The fourth-order valence-corrected chi connectivity index (χ4v) is 3.98. The van der Waals surface area contributed by atoms with Gasteiger partial charge in [0.1, 0.15) is 17.4 Å². The van der Waals surface area contributed by atoms with Crippen molar-refractivity contribution >= 4 is 28.6 Å². The zero-order chi connectivity index (χ0) is 20.4. The molecule has 2 N–H and O–H groups in total. The molecule has 0 aliphatic carbocycles. The van der Waals surface area contributed by atoms with E-state index in [1.165, 1.54) is 0 Å². The third-order valence-corrected chi connectivity index (χ3v) is 5.52. The molecule has 2 saturated heterocycles. The molecule has 156 valence electrons. The Kier molecular flexibility index (Phi) is 5.57. The largest absolute Gasteiger partial charge is 0.493 e. The van der Waals surface area contributed by atoms with Gasteiger partial charge in [-0.1, -0.05) is 0 Å². The Balaban J connectivity index is 1.58. The van der Waals surface area contributed by atoms with E-state index in [0.717, 1.165) is 31.2 Å². The summed E-state index contributed by atoms with van der Waals surface area (Å²) in [5, 5.41) is 0.719. The van der Waals surface area contributed by atoms with Crippen LogP contribution in [0.3, 0.4) is 0 Å². The maximum atomic E-state index is 12.7. The van der Waals surface area contributed by atoms with E-state index in [-0.39, 0.29) is 12.0 Å². The summed E-state index contributed by atoms with van der Waals surface area (Å²) < 4.78 is 16.5. The molecule has 3 heterocycles. The number of amides is 1. The third kappa shape index (κ3) is 3.74. The Bertz CT molecular complexity index is 900. The Morgan fingerprint density at radius 2 is 2.00 bits per heavy atom. The average Bonchev–Trinajstić information content (AvgIpc) is 3.16. The Morgan fingerprint density at radius 1 is 1.14 bits per heavy atom. The molecule has 2 fully saturated rings. The monoisotopic (exact) mass is 401 g/mol. The minimum Gasteiger partial charge on any atom is -0.493 e. The standard InChI is InChI=1S/C20H27N5O4/c1-27-14-7-6-13-16(17(14)28-2)22-20(23-18(13)21)25-9-4-8-24(10-11-25)19(26)15-5-3-12-29-15/h6-7,15H,3-5,8-12H2,1-2H3,(H2,21,22,23). The molecule has 1 aromatic heterocycles. The number of fused-ring (bicyclic) bond motifs is 1. The highest BCUT2D eigenvalue weighted by Crippen LogP contribution is 2.36. The fourth-order valence-electron chi connectivity index (χ4n) is 3.98. The number of nitrogens with two attached hydrogens (primary N) is 1. The molecule has 2 aliphatic rings. The number of ether oxygens (including phenoxy) is 3. The van der Waals surface area contributed by atoms with Gasteiger partial charge in [-0.25, -0.2) is 4.98 Å². The lowest BCUT2D eigenvalue weighted by molar-refractivity contribution is -0.140. The molecule has 1 atom stereocenters. The van der Waals surface area contributed by atoms with E-state index in [2.05, 4.69) is 9.88 Å². The molecule has 1 unspecified atom stereocenters. The SMILES string of the molecule is COc1ccc2c(N)nc(N3CCCN(C(=O)C4CCCO4)CC3)nc2c1OC. The summed E-state index contributed by atoms with van der Waals surface area (Å²) in [6, 6.07) is 3.63. The van der Waals surface area contributed by atoms with Gasteiger partial charge >= 0.3 is 0 Å². The van der Waals surface area contributed by atoms with E-state index in [1.54, 1.807) is 20.3 Å². The number of anilines is 2. The molecule has 1 aromatic carbocycles. The molecule has 0 spiro atoms. The normalized spacial score (nSPS) is 20.0. The summed E-state index contributed by atoms with van der Waals surface area (Å²) >= 11 is 0. The molecule has 4 rings (SSSR count). The average molecular weight is 401 g/mol. The Morgan fingerprint density at radius 3 is 2.72 bits per heavy atom. The van der Waals surface area contributed by atoms with Gasteiger partial charge in [0.05, 0.1) is 14.2 Å². The van der Waals surface area contributed by atoms with Gasteiger partial charge in [0.15, 0.2) is 11.5 Å². The number of nitrogen functional groups attached to an aromatic ring is 1. The zero-order valence-corrected chi connectivity index (χ0v) is 16.9. The number of hydrogen-bond acceptors (Lipinski definition) is 8. The lowest BCUT2D eigenvalue weighted by Gasteiger charge is -2.24. The summed E-state index contributed by atoms with van der Waals surface area (Å²) in [6.45, 7) is 3.36. The van der Waals surface area contributed by atoms with Crippen molar-refractivity contribution in [3.8, 4) is 11.5 Å². The molecule has 2 aliphatic heterocycles. The van der Waals surface area contributed by atoms with Gasteiger partial charge in [0.2, 0.25) is 5.95 Å². The van der Waals surface area contributed by atoms with E-state index in [4.69, 9.17) is 24.9 Å². The Hall–Kier alpha value is -2.81. The van der Waals surface area contributed by atoms with E-state index < -0.39 is 0 Å². The van der Waals surface area contributed by atoms with Gasteiger partial charge in [-0.05, 0) is 31.4 Å². The first-order valence-electron chi connectivity index (χ1n) is 9.96. The summed E-state index contributed by atoms with van der Waals surface area (Å²) in [4.78, 5) is 25.9. The number of carbonyl (C=O) groups excluding carboxylic acids is 1. The molecule has 9 heteroatoms. The number of carbonyl (C=O) groups is 1. The molecule has 29 heavy (non-hydrogen) atoms. The van der Waals surface area contributed by atoms with Crippen LogP contribution in [-0.2, 0) is 9.53 Å². The molecular weight excluding hydrogens is 374 g/mol. The van der Waals surface area contributed by atoms with Crippen LogP contribution in [0.15, 0.2) is 12.1 Å². The molecule has 0 radical (unpaired) electrons. The predicted molar refractivity (Wildman–Crippen MR) is 109 cm³/mol. The number of aromatic nitrogens is 2. The highest BCUT2D eigenvalue weighted by molar-refractivity contribution is 5.95. The second-order valence-electron chi connectivity index (χ2n) is 7.27. The van der Waals surface area contributed by atoms with Crippen LogP contribution in [-0.4, -0.2) is 73.9 Å². The highest BCUT2D eigenvalue weighted by atomic mass is 16.5. The van der Waals surface area contributed by atoms with Crippen LogP contribution in [0.2, 0.25) is 0 Å². The molecule has 0 bridgehead atoms. The zero-order valence-electron chi connectivity index (χ0n) is 16.9. The lowest BCUT2D eigenvalue weighted by Crippen LogP contribution is -2.41. The van der Waals surface area contributed by atoms with E-state index in [1.807, 2.05) is 11.0 Å². The molecular formula is C20H27N5O4. The molecule has 9 nitrogen and oxygen atoms in total. The van der Waals surface area contributed by atoms with Crippen molar-refractivity contribution in [2.45, 2.75) is 25.4 Å². The van der Waals surface area contributed by atoms with Crippen LogP contribution in [0.1, 0.15) is 19.3 Å². The van der Waals surface area contributed by atoms with Crippen molar-refractivity contribution < 1.29 is 19.0 Å². The summed E-state index contributed by atoms with van der Waals surface area (Å²) in [5.41, 5.74) is 6.84. The van der Waals surface area contributed by atoms with Gasteiger partial charge in [-0.2, -0.15) is 4.98 Å². The number of hydrogen-bond donors (Lipinski definition) is 1. The van der Waals surface area contributed by atoms with Crippen LogP contribution in [0.5, 0.6) is 11.5 Å². The number of rotatable bonds is 4. The van der Waals surface area contributed by atoms with Gasteiger partial charge < -0.3 is 29.7 Å².